The summed E-state index contributed by atoms with van der Waals surface area (Å²) in [6.07, 6.45) is 4.95. The molecule has 88 valence electrons. The van der Waals surface area contributed by atoms with E-state index in [1.165, 1.54) is 0 Å². The van der Waals surface area contributed by atoms with E-state index in [0.717, 1.165) is 36.7 Å². The predicted molar refractivity (Wildman–Crippen MR) is 69.0 cm³/mol. The largest absolute Gasteiger partial charge is 0.351 e. The molecule has 0 spiro atoms. The molecular formula is C12H17BrN2O. The first-order valence-corrected chi connectivity index (χ1v) is 6.63. The van der Waals surface area contributed by atoms with Gasteiger partial charge >= 0.3 is 0 Å². The minimum atomic E-state index is -0.0723. The molecule has 1 amide bonds. The average Bonchev–Trinajstić information content (AvgIpc) is 2.29. The SMILES string of the molecule is Cc1cccnc1C(=O)NCCCCCBr. The summed E-state index contributed by atoms with van der Waals surface area (Å²) in [5, 5.41) is 3.91. The van der Waals surface area contributed by atoms with Crippen LogP contribution in [0.5, 0.6) is 0 Å². The highest BCUT2D eigenvalue weighted by molar-refractivity contribution is 9.09. The van der Waals surface area contributed by atoms with Crippen LogP contribution in [-0.4, -0.2) is 22.8 Å². The zero-order valence-corrected chi connectivity index (χ0v) is 11.1. The Balaban J connectivity index is 2.33. The van der Waals surface area contributed by atoms with Gasteiger partial charge in [-0.25, -0.2) is 0 Å². The monoisotopic (exact) mass is 284 g/mol. The van der Waals surface area contributed by atoms with Crippen LogP contribution in [0.3, 0.4) is 0 Å². The van der Waals surface area contributed by atoms with Gasteiger partial charge in [-0.2, -0.15) is 0 Å². The number of amides is 1. The van der Waals surface area contributed by atoms with Gasteiger partial charge in [0.1, 0.15) is 5.69 Å². The Kier molecular flexibility index (Phi) is 6.08. The predicted octanol–water partition coefficient (Wildman–Crippen LogP) is 2.69. The molecule has 1 aromatic rings. The number of rotatable bonds is 6. The van der Waals surface area contributed by atoms with Gasteiger partial charge in [-0.1, -0.05) is 28.4 Å². The van der Waals surface area contributed by atoms with Crippen LogP contribution < -0.4 is 5.32 Å². The Morgan fingerprint density at radius 3 is 2.94 bits per heavy atom. The van der Waals surface area contributed by atoms with Crippen molar-refractivity contribution in [2.24, 2.45) is 0 Å². The highest BCUT2D eigenvalue weighted by Gasteiger charge is 2.08. The third kappa shape index (κ3) is 4.31. The Morgan fingerprint density at radius 1 is 1.44 bits per heavy atom. The molecular weight excluding hydrogens is 268 g/mol. The first-order chi connectivity index (χ1) is 7.75. The standard InChI is InChI=1S/C12H17BrN2O/c1-10-6-5-9-14-11(10)12(16)15-8-4-2-3-7-13/h5-6,9H,2-4,7-8H2,1H3,(H,15,16). The maximum atomic E-state index is 11.7. The number of hydrogen-bond acceptors (Lipinski definition) is 2. The summed E-state index contributed by atoms with van der Waals surface area (Å²) >= 11 is 3.38. The number of carbonyl (C=O) groups is 1. The molecule has 0 saturated heterocycles. The van der Waals surface area contributed by atoms with Crippen molar-refractivity contribution in [1.29, 1.82) is 0 Å². The number of pyridine rings is 1. The molecule has 0 unspecified atom stereocenters. The van der Waals surface area contributed by atoms with Crippen LogP contribution in [0.15, 0.2) is 18.3 Å². The molecule has 0 aliphatic heterocycles. The number of carbonyl (C=O) groups excluding carboxylic acids is 1. The van der Waals surface area contributed by atoms with E-state index in [0.29, 0.717) is 5.69 Å². The van der Waals surface area contributed by atoms with Crippen molar-refractivity contribution >= 4 is 21.8 Å². The van der Waals surface area contributed by atoms with Gasteiger partial charge in [-0.15, -0.1) is 0 Å². The molecule has 1 N–H and O–H groups in total. The second-order valence-electron chi connectivity index (χ2n) is 3.67. The molecule has 0 bridgehead atoms. The van der Waals surface area contributed by atoms with Crippen LogP contribution >= 0.6 is 15.9 Å². The van der Waals surface area contributed by atoms with Crippen LogP contribution in [0.1, 0.15) is 35.3 Å². The van der Waals surface area contributed by atoms with Gasteiger partial charge in [0.15, 0.2) is 0 Å². The molecule has 0 aliphatic rings. The molecule has 0 atom stereocenters. The van der Waals surface area contributed by atoms with Gasteiger partial charge in [-0.3, -0.25) is 9.78 Å². The van der Waals surface area contributed by atoms with Gasteiger partial charge in [0.25, 0.3) is 5.91 Å². The van der Waals surface area contributed by atoms with E-state index in [4.69, 9.17) is 0 Å². The lowest BCUT2D eigenvalue weighted by atomic mass is 10.2. The summed E-state index contributed by atoms with van der Waals surface area (Å²) in [5.41, 5.74) is 1.45. The summed E-state index contributed by atoms with van der Waals surface area (Å²) in [6.45, 7) is 2.62. The van der Waals surface area contributed by atoms with Crippen molar-refractivity contribution in [3.05, 3.63) is 29.6 Å². The van der Waals surface area contributed by atoms with E-state index in [1.54, 1.807) is 6.20 Å². The summed E-state index contributed by atoms with van der Waals surface area (Å²) in [6, 6.07) is 3.73. The lowest BCUT2D eigenvalue weighted by Gasteiger charge is -2.05. The number of halogens is 1. The second kappa shape index (κ2) is 7.39. The van der Waals surface area contributed by atoms with Gasteiger partial charge in [0.05, 0.1) is 0 Å². The van der Waals surface area contributed by atoms with Crippen LogP contribution in [0.2, 0.25) is 0 Å². The van der Waals surface area contributed by atoms with Gasteiger partial charge in [-0.05, 0) is 31.4 Å². The maximum Gasteiger partial charge on any atom is 0.270 e. The van der Waals surface area contributed by atoms with Crippen molar-refractivity contribution in [1.82, 2.24) is 10.3 Å². The smallest absolute Gasteiger partial charge is 0.270 e. The van der Waals surface area contributed by atoms with Crippen molar-refractivity contribution < 1.29 is 4.79 Å². The number of hydrogen-bond donors (Lipinski definition) is 1. The molecule has 0 aromatic carbocycles. The minimum Gasteiger partial charge on any atom is -0.351 e. The zero-order valence-electron chi connectivity index (χ0n) is 9.50. The number of nitrogens with one attached hydrogen (secondary N) is 1. The van der Waals surface area contributed by atoms with Crippen molar-refractivity contribution in [3.8, 4) is 0 Å². The molecule has 0 radical (unpaired) electrons. The van der Waals surface area contributed by atoms with Gasteiger partial charge in [0.2, 0.25) is 0 Å². The Hall–Kier alpha value is -0.900. The number of aromatic nitrogens is 1. The molecule has 1 heterocycles. The van der Waals surface area contributed by atoms with Crippen molar-refractivity contribution in [3.63, 3.8) is 0 Å². The third-order valence-corrected chi connectivity index (χ3v) is 2.88. The van der Waals surface area contributed by atoms with Gasteiger partial charge < -0.3 is 5.32 Å². The van der Waals surface area contributed by atoms with E-state index in [2.05, 4.69) is 26.2 Å². The molecule has 4 heteroatoms. The summed E-state index contributed by atoms with van der Waals surface area (Å²) < 4.78 is 0. The van der Waals surface area contributed by atoms with Crippen LogP contribution in [-0.2, 0) is 0 Å². The fraction of sp³-hybridized carbons (Fsp3) is 0.500. The van der Waals surface area contributed by atoms with Crippen molar-refractivity contribution in [2.75, 3.05) is 11.9 Å². The topological polar surface area (TPSA) is 42.0 Å². The van der Waals surface area contributed by atoms with Crippen molar-refractivity contribution in [2.45, 2.75) is 26.2 Å². The molecule has 0 saturated carbocycles. The fourth-order valence-electron chi connectivity index (χ4n) is 1.41. The lowest BCUT2D eigenvalue weighted by Crippen LogP contribution is -2.26. The number of alkyl halides is 1. The van der Waals surface area contributed by atoms with E-state index in [-0.39, 0.29) is 5.91 Å². The van der Waals surface area contributed by atoms with Gasteiger partial charge in [0, 0.05) is 18.1 Å². The molecule has 1 rings (SSSR count). The number of aryl methyl sites for hydroxylation is 1. The highest BCUT2D eigenvalue weighted by Crippen LogP contribution is 2.03. The second-order valence-corrected chi connectivity index (χ2v) is 4.47. The van der Waals surface area contributed by atoms with Crippen LogP contribution in [0.25, 0.3) is 0 Å². The van der Waals surface area contributed by atoms with Crippen LogP contribution in [0, 0.1) is 6.92 Å². The Labute approximate surface area is 105 Å². The Bertz CT molecular complexity index is 342. The first kappa shape index (κ1) is 13.2. The lowest BCUT2D eigenvalue weighted by molar-refractivity contribution is 0.0947. The molecule has 0 fully saturated rings. The summed E-state index contributed by atoms with van der Waals surface area (Å²) in [5.74, 6) is -0.0723. The summed E-state index contributed by atoms with van der Waals surface area (Å²) in [7, 11) is 0. The zero-order chi connectivity index (χ0) is 11.8. The average molecular weight is 285 g/mol. The Morgan fingerprint density at radius 2 is 2.25 bits per heavy atom. The molecule has 3 nitrogen and oxygen atoms in total. The van der Waals surface area contributed by atoms with E-state index >= 15 is 0 Å². The highest BCUT2D eigenvalue weighted by atomic mass is 79.9. The molecule has 16 heavy (non-hydrogen) atoms. The number of unbranched alkanes of at least 4 members (excludes halogenated alkanes) is 2. The van der Waals surface area contributed by atoms with E-state index in [9.17, 15) is 4.79 Å². The molecule has 0 aliphatic carbocycles. The number of nitrogens with zero attached hydrogens (tertiary/aromatic N) is 1. The minimum absolute atomic E-state index is 0.0723. The molecule has 1 aromatic heterocycles. The van der Waals surface area contributed by atoms with Crippen LogP contribution in [0.4, 0.5) is 0 Å². The third-order valence-electron chi connectivity index (χ3n) is 2.32. The fourth-order valence-corrected chi connectivity index (χ4v) is 1.80. The normalized spacial score (nSPS) is 10.1. The quantitative estimate of drug-likeness (QED) is 0.645. The van der Waals surface area contributed by atoms with E-state index < -0.39 is 0 Å². The first-order valence-electron chi connectivity index (χ1n) is 5.51. The van der Waals surface area contributed by atoms with E-state index in [1.807, 2.05) is 19.1 Å². The maximum absolute atomic E-state index is 11.7. The summed E-state index contributed by atoms with van der Waals surface area (Å²) in [4.78, 5) is 15.8.